The second kappa shape index (κ2) is 5.69. The Morgan fingerprint density at radius 1 is 1.10 bits per heavy atom. The number of hydrogen-bond donors (Lipinski definition) is 1. The predicted molar refractivity (Wildman–Crippen MR) is 72.1 cm³/mol. The summed E-state index contributed by atoms with van der Waals surface area (Å²) in [6.07, 6.45) is 0. The van der Waals surface area contributed by atoms with Crippen LogP contribution in [0.5, 0.6) is 5.75 Å². The largest absolute Gasteiger partial charge is 0.433 e. The van der Waals surface area contributed by atoms with Crippen molar-refractivity contribution in [2.45, 2.75) is 13.5 Å². The predicted octanol–water partition coefficient (Wildman–Crippen LogP) is 3.41. The number of carbonyl (C=O) groups excluding carboxylic acids is 1. The molecule has 0 aliphatic carbocycles. The molecule has 3 nitrogen and oxygen atoms in total. The van der Waals surface area contributed by atoms with Gasteiger partial charge in [0.1, 0.15) is 5.75 Å². The van der Waals surface area contributed by atoms with Gasteiger partial charge in [0.05, 0.1) is 5.69 Å². The van der Waals surface area contributed by atoms with Crippen LogP contribution in [-0.2, 0) is 0 Å². The molecule has 0 radical (unpaired) electrons. The third-order valence-electron chi connectivity index (χ3n) is 2.80. The molecule has 2 aromatic rings. The molecule has 0 bridgehead atoms. The first-order valence-corrected chi connectivity index (χ1v) is 5.93. The molecule has 0 unspecified atom stereocenters. The SMILES string of the molecule is Cc1ccc(C(=O)c2ccc(OC(F)F)c(N)c2)cc1. The molecule has 0 amide bonds. The van der Waals surface area contributed by atoms with Crippen molar-refractivity contribution in [1.29, 1.82) is 0 Å². The van der Waals surface area contributed by atoms with E-state index in [0.717, 1.165) is 5.56 Å². The number of nitrogen functional groups attached to an aromatic ring is 1. The van der Waals surface area contributed by atoms with Crippen molar-refractivity contribution >= 4 is 11.5 Å². The number of ether oxygens (including phenoxy) is 1. The molecule has 5 heteroatoms. The highest BCUT2D eigenvalue weighted by Crippen LogP contribution is 2.25. The van der Waals surface area contributed by atoms with Gasteiger partial charge in [0, 0.05) is 11.1 Å². The van der Waals surface area contributed by atoms with E-state index in [4.69, 9.17) is 5.73 Å². The maximum Gasteiger partial charge on any atom is 0.387 e. The minimum absolute atomic E-state index is 0.00302. The van der Waals surface area contributed by atoms with Gasteiger partial charge in [-0.25, -0.2) is 0 Å². The summed E-state index contributed by atoms with van der Waals surface area (Å²) in [5.74, 6) is -0.360. The molecule has 0 atom stereocenters. The third kappa shape index (κ3) is 3.12. The Balaban J connectivity index is 2.27. The van der Waals surface area contributed by atoms with E-state index in [9.17, 15) is 13.6 Å². The van der Waals surface area contributed by atoms with Crippen LogP contribution < -0.4 is 10.5 Å². The van der Waals surface area contributed by atoms with Crippen molar-refractivity contribution in [2.24, 2.45) is 0 Å². The number of alkyl halides is 2. The molecule has 0 saturated carbocycles. The number of hydrogen-bond acceptors (Lipinski definition) is 3. The van der Waals surface area contributed by atoms with Crippen molar-refractivity contribution in [2.75, 3.05) is 5.73 Å². The molecule has 0 aliphatic heterocycles. The van der Waals surface area contributed by atoms with Crippen LogP contribution in [0.4, 0.5) is 14.5 Å². The highest BCUT2D eigenvalue weighted by Gasteiger charge is 2.13. The monoisotopic (exact) mass is 277 g/mol. The molecule has 0 heterocycles. The average Bonchev–Trinajstić information content (AvgIpc) is 2.41. The van der Waals surface area contributed by atoms with E-state index in [1.54, 1.807) is 12.1 Å². The lowest BCUT2D eigenvalue weighted by Gasteiger charge is -2.09. The zero-order valence-electron chi connectivity index (χ0n) is 10.8. The van der Waals surface area contributed by atoms with Gasteiger partial charge in [-0.3, -0.25) is 4.79 Å². The Morgan fingerprint density at radius 2 is 1.70 bits per heavy atom. The number of halogens is 2. The van der Waals surface area contributed by atoms with Crippen LogP contribution >= 0.6 is 0 Å². The van der Waals surface area contributed by atoms with Gasteiger partial charge in [-0.1, -0.05) is 29.8 Å². The first-order valence-electron chi connectivity index (χ1n) is 5.93. The zero-order chi connectivity index (χ0) is 14.7. The van der Waals surface area contributed by atoms with Crippen LogP contribution in [0.15, 0.2) is 42.5 Å². The van der Waals surface area contributed by atoms with Crippen molar-refractivity contribution in [3.8, 4) is 5.75 Å². The van der Waals surface area contributed by atoms with Gasteiger partial charge in [0.15, 0.2) is 5.78 Å². The highest BCUT2D eigenvalue weighted by molar-refractivity contribution is 6.09. The number of aryl methyl sites for hydroxylation is 1. The molecule has 2 aromatic carbocycles. The maximum absolute atomic E-state index is 12.2. The molecular weight excluding hydrogens is 264 g/mol. The number of nitrogens with two attached hydrogens (primary N) is 1. The van der Waals surface area contributed by atoms with E-state index in [1.165, 1.54) is 18.2 Å². The van der Waals surface area contributed by atoms with Crippen LogP contribution in [0.25, 0.3) is 0 Å². The summed E-state index contributed by atoms with van der Waals surface area (Å²) in [6, 6.07) is 11.1. The Bertz CT molecular complexity index is 624. The molecule has 0 saturated heterocycles. The number of rotatable bonds is 4. The van der Waals surface area contributed by atoms with Gasteiger partial charge in [-0.2, -0.15) is 8.78 Å². The van der Waals surface area contributed by atoms with Gasteiger partial charge in [-0.15, -0.1) is 0 Å². The van der Waals surface area contributed by atoms with E-state index in [0.29, 0.717) is 11.1 Å². The fourth-order valence-electron chi connectivity index (χ4n) is 1.76. The molecule has 0 aliphatic rings. The van der Waals surface area contributed by atoms with Gasteiger partial charge in [0.25, 0.3) is 0 Å². The van der Waals surface area contributed by atoms with E-state index in [-0.39, 0.29) is 17.2 Å². The zero-order valence-corrected chi connectivity index (χ0v) is 10.8. The summed E-state index contributed by atoms with van der Waals surface area (Å²) in [5, 5.41) is 0. The number of carbonyl (C=O) groups is 1. The molecule has 0 spiro atoms. The Hall–Kier alpha value is -2.43. The lowest BCUT2D eigenvalue weighted by Crippen LogP contribution is -2.07. The van der Waals surface area contributed by atoms with Crippen LogP contribution in [-0.4, -0.2) is 12.4 Å². The minimum Gasteiger partial charge on any atom is -0.433 e. The molecule has 0 fully saturated rings. The van der Waals surface area contributed by atoms with E-state index in [1.807, 2.05) is 19.1 Å². The van der Waals surface area contributed by atoms with Crippen LogP contribution in [0, 0.1) is 6.92 Å². The van der Waals surface area contributed by atoms with Crippen molar-refractivity contribution in [3.63, 3.8) is 0 Å². The molecule has 0 aromatic heterocycles. The van der Waals surface area contributed by atoms with Gasteiger partial charge in [-0.05, 0) is 25.1 Å². The van der Waals surface area contributed by atoms with Crippen LogP contribution in [0.2, 0.25) is 0 Å². The molecular formula is C15H13F2NO2. The summed E-state index contributed by atoms with van der Waals surface area (Å²) in [4.78, 5) is 12.2. The topological polar surface area (TPSA) is 52.3 Å². The molecule has 2 N–H and O–H groups in total. The average molecular weight is 277 g/mol. The first-order chi connectivity index (χ1) is 9.47. The summed E-state index contributed by atoms with van der Waals surface area (Å²) in [7, 11) is 0. The van der Waals surface area contributed by atoms with Crippen LogP contribution in [0.1, 0.15) is 21.5 Å². The van der Waals surface area contributed by atoms with E-state index < -0.39 is 6.61 Å². The number of anilines is 1. The normalized spacial score (nSPS) is 10.6. The third-order valence-corrected chi connectivity index (χ3v) is 2.80. The summed E-state index contributed by atoms with van der Waals surface area (Å²) >= 11 is 0. The second-order valence-electron chi connectivity index (χ2n) is 4.33. The van der Waals surface area contributed by atoms with E-state index >= 15 is 0 Å². The van der Waals surface area contributed by atoms with Gasteiger partial charge in [0.2, 0.25) is 0 Å². The standard InChI is InChI=1S/C15H13F2NO2/c1-9-2-4-10(5-3-9)14(19)11-6-7-13(12(18)8-11)20-15(16)17/h2-8,15H,18H2,1H3. The summed E-state index contributed by atoms with van der Waals surface area (Å²) < 4.78 is 28.5. The fourth-order valence-corrected chi connectivity index (χ4v) is 1.76. The smallest absolute Gasteiger partial charge is 0.387 e. The van der Waals surface area contributed by atoms with Crippen molar-refractivity contribution in [1.82, 2.24) is 0 Å². The van der Waals surface area contributed by atoms with Crippen LogP contribution in [0.3, 0.4) is 0 Å². The van der Waals surface area contributed by atoms with Gasteiger partial charge < -0.3 is 10.5 Å². The lowest BCUT2D eigenvalue weighted by molar-refractivity contribution is -0.0493. The first kappa shape index (κ1) is 14.0. The Labute approximate surface area is 115 Å². The fraction of sp³-hybridized carbons (Fsp3) is 0.133. The Kier molecular flexibility index (Phi) is 3.98. The van der Waals surface area contributed by atoms with Crippen molar-refractivity contribution < 1.29 is 18.3 Å². The number of benzene rings is 2. The summed E-state index contributed by atoms with van der Waals surface area (Å²) in [6.45, 7) is -1.03. The summed E-state index contributed by atoms with van der Waals surface area (Å²) in [5.41, 5.74) is 7.48. The van der Waals surface area contributed by atoms with Crippen molar-refractivity contribution in [3.05, 3.63) is 59.2 Å². The molecule has 20 heavy (non-hydrogen) atoms. The quantitative estimate of drug-likeness (QED) is 0.688. The molecule has 2 rings (SSSR count). The Morgan fingerprint density at radius 3 is 2.25 bits per heavy atom. The maximum atomic E-state index is 12.2. The lowest BCUT2D eigenvalue weighted by atomic mass is 10.0. The molecule has 104 valence electrons. The minimum atomic E-state index is -2.95. The van der Waals surface area contributed by atoms with Gasteiger partial charge >= 0.3 is 6.61 Å². The number of ketones is 1. The highest BCUT2D eigenvalue weighted by atomic mass is 19.3. The van der Waals surface area contributed by atoms with E-state index in [2.05, 4.69) is 4.74 Å². The second-order valence-corrected chi connectivity index (χ2v) is 4.33.